The first-order chi connectivity index (χ1) is 13.5. The maximum absolute atomic E-state index is 12.2. The predicted molar refractivity (Wildman–Crippen MR) is 112 cm³/mol. The second kappa shape index (κ2) is 9.38. The van der Waals surface area contributed by atoms with Gasteiger partial charge in [0.1, 0.15) is 11.0 Å². The van der Waals surface area contributed by atoms with Gasteiger partial charge in [0.25, 0.3) is 0 Å². The second-order valence-corrected chi connectivity index (χ2v) is 7.41. The predicted octanol–water partition coefficient (Wildman–Crippen LogP) is 3.30. The monoisotopic (exact) mass is 416 g/mol. The van der Waals surface area contributed by atoms with Crippen molar-refractivity contribution in [3.63, 3.8) is 0 Å². The van der Waals surface area contributed by atoms with Crippen molar-refractivity contribution in [2.75, 3.05) is 12.4 Å². The third kappa shape index (κ3) is 5.58. The molecule has 2 aromatic rings. The van der Waals surface area contributed by atoms with Crippen molar-refractivity contribution in [1.29, 1.82) is 0 Å². The lowest BCUT2D eigenvalue weighted by Gasteiger charge is -2.08. The molecule has 0 spiro atoms. The Kier molecular flexibility index (Phi) is 6.67. The summed E-state index contributed by atoms with van der Waals surface area (Å²) in [6.45, 7) is 0. The van der Waals surface area contributed by atoms with Gasteiger partial charge in [0.15, 0.2) is 5.17 Å². The van der Waals surface area contributed by atoms with Crippen molar-refractivity contribution in [3.05, 3.63) is 59.1 Å². The Labute approximate surface area is 171 Å². The highest BCUT2D eigenvalue weighted by Gasteiger charge is 2.32. The van der Waals surface area contributed by atoms with Crippen molar-refractivity contribution in [2.45, 2.75) is 11.7 Å². The third-order valence-electron chi connectivity index (χ3n) is 3.75. The topological polar surface area (TPSA) is 92.2 Å². The highest BCUT2D eigenvalue weighted by molar-refractivity contribution is 8.15. The highest BCUT2D eigenvalue weighted by Crippen LogP contribution is 2.23. The summed E-state index contributed by atoms with van der Waals surface area (Å²) in [7, 11) is 1.57. The van der Waals surface area contributed by atoms with Gasteiger partial charge in [0.05, 0.1) is 13.3 Å². The molecule has 2 N–H and O–H groups in total. The van der Waals surface area contributed by atoms with E-state index in [2.05, 4.69) is 20.8 Å². The maximum Gasteiger partial charge on any atom is 0.240 e. The van der Waals surface area contributed by atoms with Crippen LogP contribution < -0.4 is 15.4 Å². The first-order valence-corrected chi connectivity index (χ1v) is 9.57. The number of amides is 2. The second-order valence-electron chi connectivity index (χ2n) is 5.78. The lowest BCUT2D eigenvalue weighted by Crippen LogP contribution is -2.28. The number of benzene rings is 2. The largest absolute Gasteiger partial charge is 0.497 e. The summed E-state index contributed by atoms with van der Waals surface area (Å²) < 4.78 is 5.07. The molecule has 1 saturated heterocycles. The summed E-state index contributed by atoms with van der Waals surface area (Å²) in [5, 5.41) is 13.8. The van der Waals surface area contributed by atoms with Crippen molar-refractivity contribution in [3.8, 4) is 5.75 Å². The average Bonchev–Trinajstić information content (AvgIpc) is 3.03. The number of ether oxygens (including phenoxy) is 1. The fourth-order valence-corrected chi connectivity index (χ4v) is 3.39. The molecule has 0 aromatic heterocycles. The van der Waals surface area contributed by atoms with E-state index in [0.717, 1.165) is 5.56 Å². The van der Waals surface area contributed by atoms with Gasteiger partial charge in [0, 0.05) is 17.1 Å². The number of carbonyl (C=O) groups is 2. The van der Waals surface area contributed by atoms with E-state index < -0.39 is 5.25 Å². The number of thioether (sulfide) groups is 1. The number of amidine groups is 1. The normalized spacial score (nSPS) is 17.7. The van der Waals surface area contributed by atoms with Crippen molar-refractivity contribution < 1.29 is 14.3 Å². The summed E-state index contributed by atoms with van der Waals surface area (Å²) in [5.41, 5.74) is 1.47. The number of hydrogen-bond donors (Lipinski definition) is 2. The zero-order valence-corrected chi connectivity index (χ0v) is 16.5. The molecule has 9 heteroatoms. The molecular formula is C19H17ClN4O3S. The molecule has 28 heavy (non-hydrogen) atoms. The van der Waals surface area contributed by atoms with Gasteiger partial charge in [-0.2, -0.15) is 5.10 Å². The summed E-state index contributed by atoms with van der Waals surface area (Å²) in [4.78, 5) is 24.2. The summed E-state index contributed by atoms with van der Waals surface area (Å²) >= 11 is 7.00. The molecule has 0 bridgehead atoms. The van der Waals surface area contributed by atoms with E-state index in [9.17, 15) is 9.59 Å². The standard InChI is InChI=1S/C19H17ClN4O3S/c1-27-15-8-6-14(7-9-15)22-17(25)10-16-18(26)23-19(28-16)24-21-11-12-2-4-13(20)5-3-12/h2-9,11,16H,10H2,1H3,(H,22,25)(H,23,24,26). The van der Waals surface area contributed by atoms with Gasteiger partial charge in [-0.05, 0) is 42.0 Å². The fourth-order valence-electron chi connectivity index (χ4n) is 2.34. The Morgan fingerprint density at radius 2 is 1.96 bits per heavy atom. The summed E-state index contributed by atoms with van der Waals surface area (Å²) in [6.07, 6.45) is 1.59. The van der Waals surface area contributed by atoms with Crippen LogP contribution in [0.5, 0.6) is 5.75 Å². The Morgan fingerprint density at radius 1 is 1.25 bits per heavy atom. The molecule has 1 aliphatic heterocycles. The van der Waals surface area contributed by atoms with Crippen LogP contribution in [0.15, 0.2) is 58.7 Å². The minimum atomic E-state index is -0.553. The number of anilines is 1. The molecule has 3 rings (SSSR count). The van der Waals surface area contributed by atoms with Gasteiger partial charge in [-0.1, -0.05) is 35.5 Å². The zero-order chi connectivity index (χ0) is 19.9. The zero-order valence-electron chi connectivity index (χ0n) is 14.9. The summed E-state index contributed by atoms with van der Waals surface area (Å²) in [5.74, 6) is 0.169. The van der Waals surface area contributed by atoms with E-state index in [-0.39, 0.29) is 18.2 Å². The smallest absolute Gasteiger partial charge is 0.240 e. The van der Waals surface area contributed by atoms with Crippen molar-refractivity contribution in [1.82, 2.24) is 5.32 Å². The van der Waals surface area contributed by atoms with Gasteiger partial charge >= 0.3 is 0 Å². The van der Waals surface area contributed by atoms with E-state index in [4.69, 9.17) is 16.3 Å². The van der Waals surface area contributed by atoms with Crippen LogP contribution in [0, 0.1) is 0 Å². The minimum absolute atomic E-state index is 0.0302. The molecule has 2 aromatic carbocycles. The average molecular weight is 417 g/mol. The van der Waals surface area contributed by atoms with Crippen LogP contribution in [0.3, 0.4) is 0 Å². The fraction of sp³-hybridized carbons (Fsp3) is 0.158. The molecule has 1 fully saturated rings. The molecule has 1 aliphatic rings. The Hall–Kier alpha value is -2.84. The van der Waals surface area contributed by atoms with Gasteiger partial charge in [0.2, 0.25) is 11.8 Å². The number of carbonyl (C=O) groups excluding carboxylic acids is 2. The number of nitrogens with one attached hydrogen (secondary N) is 2. The van der Waals surface area contributed by atoms with E-state index in [1.165, 1.54) is 11.8 Å². The molecule has 144 valence electrons. The molecule has 0 radical (unpaired) electrons. The molecule has 1 atom stereocenters. The summed E-state index contributed by atoms with van der Waals surface area (Å²) in [6, 6.07) is 14.1. The molecule has 1 heterocycles. The highest BCUT2D eigenvalue weighted by atomic mass is 35.5. The molecule has 0 saturated carbocycles. The SMILES string of the molecule is COc1ccc(NC(=O)CC2S/C(=N/N=Cc3ccc(Cl)cc3)NC2=O)cc1. The van der Waals surface area contributed by atoms with Gasteiger partial charge in [-0.3, -0.25) is 9.59 Å². The number of nitrogens with zero attached hydrogens (tertiary/aromatic N) is 2. The lowest BCUT2D eigenvalue weighted by atomic mass is 10.2. The van der Waals surface area contributed by atoms with Crippen molar-refractivity contribution in [2.24, 2.45) is 10.2 Å². The van der Waals surface area contributed by atoms with Crippen molar-refractivity contribution >= 4 is 52.2 Å². The molecule has 1 unspecified atom stereocenters. The quantitative estimate of drug-likeness (QED) is 0.558. The first-order valence-electron chi connectivity index (χ1n) is 8.31. The Bertz CT molecular complexity index is 914. The van der Waals surface area contributed by atoms with Gasteiger partial charge in [-0.15, -0.1) is 5.10 Å². The number of rotatable bonds is 6. The first kappa shape index (κ1) is 19.9. The van der Waals surface area contributed by atoms with Crippen LogP contribution in [-0.2, 0) is 9.59 Å². The minimum Gasteiger partial charge on any atom is -0.497 e. The van der Waals surface area contributed by atoms with Crippen LogP contribution in [0.25, 0.3) is 0 Å². The Morgan fingerprint density at radius 3 is 2.64 bits per heavy atom. The van der Waals surface area contributed by atoms with Crippen LogP contribution in [-0.4, -0.2) is 35.6 Å². The van der Waals surface area contributed by atoms with Crippen LogP contribution in [0.2, 0.25) is 5.02 Å². The van der Waals surface area contributed by atoms with Crippen LogP contribution >= 0.6 is 23.4 Å². The Balaban J connectivity index is 1.53. The number of halogens is 1. The molecule has 2 amide bonds. The van der Waals surface area contributed by atoms with E-state index in [1.807, 2.05) is 0 Å². The molecular weight excluding hydrogens is 400 g/mol. The maximum atomic E-state index is 12.2. The third-order valence-corrected chi connectivity index (χ3v) is 5.07. The number of hydrogen-bond acceptors (Lipinski definition) is 6. The van der Waals surface area contributed by atoms with Gasteiger partial charge < -0.3 is 15.4 Å². The van der Waals surface area contributed by atoms with E-state index in [1.54, 1.807) is 61.9 Å². The van der Waals surface area contributed by atoms with Crippen LogP contribution in [0.1, 0.15) is 12.0 Å². The number of methoxy groups -OCH3 is 1. The van der Waals surface area contributed by atoms with E-state index >= 15 is 0 Å². The molecule has 7 nitrogen and oxygen atoms in total. The van der Waals surface area contributed by atoms with Crippen LogP contribution in [0.4, 0.5) is 5.69 Å². The molecule has 0 aliphatic carbocycles. The lowest BCUT2D eigenvalue weighted by molar-refractivity contribution is -0.122. The van der Waals surface area contributed by atoms with E-state index in [0.29, 0.717) is 21.6 Å². The van der Waals surface area contributed by atoms with Gasteiger partial charge in [-0.25, -0.2) is 0 Å².